The summed E-state index contributed by atoms with van der Waals surface area (Å²) in [6.07, 6.45) is 0.862. The Morgan fingerprint density at radius 2 is 2.29 bits per heavy atom. The number of carbonyl (C=O) groups is 1. The van der Waals surface area contributed by atoms with Crippen molar-refractivity contribution in [2.45, 2.75) is 13.3 Å². The average Bonchev–Trinajstić information content (AvgIpc) is 2.26. The highest BCUT2D eigenvalue weighted by molar-refractivity contribution is 5.90. The van der Waals surface area contributed by atoms with E-state index in [-0.39, 0.29) is 5.97 Å². The molecule has 0 aliphatic rings. The number of aryl methyl sites for hydroxylation is 1. The minimum Gasteiger partial charge on any atom is -0.465 e. The molecule has 0 fully saturated rings. The van der Waals surface area contributed by atoms with Crippen molar-refractivity contribution < 1.29 is 9.53 Å². The van der Waals surface area contributed by atoms with Crippen LogP contribution in [-0.2, 0) is 11.2 Å². The zero-order valence-corrected chi connectivity index (χ0v) is 8.33. The van der Waals surface area contributed by atoms with E-state index in [1.165, 1.54) is 7.11 Å². The van der Waals surface area contributed by atoms with Crippen molar-refractivity contribution in [3.05, 3.63) is 29.3 Å². The SMILES string of the molecule is CCc1ccc(C(=O)OC)cc1NN. The first kappa shape index (κ1) is 10.5. The summed E-state index contributed by atoms with van der Waals surface area (Å²) < 4.78 is 4.60. The number of rotatable bonds is 3. The molecule has 0 aliphatic carbocycles. The van der Waals surface area contributed by atoms with E-state index in [2.05, 4.69) is 10.2 Å². The van der Waals surface area contributed by atoms with Gasteiger partial charge in [-0.2, -0.15) is 0 Å². The second-order valence-electron chi connectivity index (χ2n) is 2.86. The van der Waals surface area contributed by atoms with Gasteiger partial charge in [0.2, 0.25) is 0 Å². The molecule has 14 heavy (non-hydrogen) atoms. The first-order chi connectivity index (χ1) is 6.72. The Bertz CT molecular complexity index is 337. The molecule has 4 heteroatoms. The van der Waals surface area contributed by atoms with Gasteiger partial charge >= 0.3 is 5.97 Å². The molecule has 0 aromatic heterocycles. The van der Waals surface area contributed by atoms with Gasteiger partial charge in [0.1, 0.15) is 0 Å². The normalized spacial score (nSPS) is 9.64. The number of esters is 1. The predicted octanol–water partition coefficient (Wildman–Crippen LogP) is 1.32. The maximum absolute atomic E-state index is 11.2. The van der Waals surface area contributed by atoms with E-state index in [4.69, 9.17) is 5.84 Å². The van der Waals surface area contributed by atoms with Crippen LogP contribution < -0.4 is 11.3 Å². The van der Waals surface area contributed by atoms with Gasteiger partial charge in [0.15, 0.2) is 0 Å². The maximum Gasteiger partial charge on any atom is 0.337 e. The molecule has 1 aromatic rings. The topological polar surface area (TPSA) is 64.3 Å². The summed E-state index contributed by atoms with van der Waals surface area (Å²) in [5, 5.41) is 0. The number of anilines is 1. The third kappa shape index (κ3) is 2.03. The molecule has 0 atom stereocenters. The van der Waals surface area contributed by atoms with Crippen LogP contribution in [0.25, 0.3) is 0 Å². The highest BCUT2D eigenvalue weighted by atomic mass is 16.5. The zero-order valence-electron chi connectivity index (χ0n) is 8.33. The average molecular weight is 194 g/mol. The first-order valence-electron chi connectivity index (χ1n) is 4.40. The maximum atomic E-state index is 11.2. The number of nitrogen functional groups attached to an aromatic ring is 1. The lowest BCUT2D eigenvalue weighted by molar-refractivity contribution is 0.0601. The third-order valence-electron chi connectivity index (χ3n) is 2.07. The van der Waals surface area contributed by atoms with E-state index in [0.717, 1.165) is 17.7 Å². The summed E-state index contributed by atoms with van der Waals surface area (Å²) in [6, 6.07) is 5.28. The fourth-order valence-electron chi connectivity index (χ4n) is 1.26. The second-order valence-corrected chi connectivity index (χ2v) is 2.86. The molecule has 76 valence electrons. The summed E-state index contributed by atoms with van der Waals surface area (Å²) in [7, 11) is 1.35. The monoisotopic (exact) mass is 194 g/mol. The largest absolute Gasteiger partial charge is 0.465 e. The first-order valence-corrected chi connectivity index (χ1v) is 4.40. The Hall–Kier alpha value is -1.55. The number of nitrogens with one attached hydrogen (secondary N) is 1. The summed E-state index contributed by atoms with van der Waals surface area (Å²) in [5.74, 6) is 4.98. The van der Waals surface area contributed by atoms with E-state index < -0.39 is 0 Å². The van der Waals surface area contributed by atoms with E-state index >= 15 is 0 Å². The van der Waals surface area contributed by atoms with E-state index in [9.17, 15) is 4.79 Å². The smallest absolute Gasteiger partial charge is 0.337 e. The van der Waals surface area contributed by atoms with Crippen molar-refractivity contribution in [2.24, 2.45) is 5.84 Å². The minimum atomic E-state index is -0.357. The summed E-state index contributed by atoms with van der Waals surface area (Å²) in [6.45, 7) is 2.02. The highest BCUT2D eigenvalue weighted by Crippen LogP contribution is 2.17. The fraction of sp³-hybridized carbons (Fsp3) is 0.300. The summed E-state index contributed by atoms with van der Waals surface area (Å²) in [5.41, 5.74) is 4.89. The molecule has 0 saturated heterocycles. The number of benzene rings is 1. The Balaban J connectivity index is 3.07. The lowest BCUT2D eigenvalue weighted by Gasteiger charge is -2.08. The number of carbonyl (C=O) groups excluding carboxylic acids is 1. The molecule has 0 aliphatic heterocycles. The van der Waals surface area contributed by atoms with Crippen molar-refractivity contribution in [3.63, 3.8) is 0 Å². The fourth-order valence-corrected chi connectivity index (χ4v) is 1.26. The van der Waals surface area contributed by atoms with Crippen LogP contribution in [0.3, 0.4) is 0 Å². The van der Waals surface area contributed by atoms with Crippen LogP contribution in [-0.4, -0.2) is 13.1 Å². The second kappa shape index (κ2) is 4.62. The number of methoxy groups -OCH3 is 1. The van der Waals surface area contributed by atoms with Crippen LogP contribution in [0.15, 0.2) is 18.2 Å². The van der Waals surface area contributed by atoms with Crippen LogP contribution in [0.1, 0.15) is 22.8 Å². The highest BCUT2D eigenvalue weighted by Gasteiger charge is 2.07. The Labute approximate surface area is 83.0 Å². The lowest BCUT2D eigenvalue weighted by atomic mass is 10.1. The number of ether oxygens (including phenoxy) is 1. The van der Waals surface area contributed by atoms with Crippen LogP contribution in [0, 0.1) is 0 Å². The minimum absolute atomic E-state index is 0.357. The molecule has 0 spiro atoms. The molecule has 0 bridgehead atoms. The molecule has 0 radical (unpaired) electrons. The quantitative estimate of drug-likeness (QED) is 0.432. The van der Waals surface area contributed by atoms with Gasteiger partial charge in [0, 0.05) is 0 Å². The molecular weight excluding hydrogens is 180 g/mol. The van der Waals surface area contributed by atoms with Gasteiger partial charge in [-0.15, -0.1) is 0 Å². The molecule has 0 saturated carbocycles. The molecular formula is C10H14N2O2. The van der Waals surface area contributed by atoms with Crippen LogP contribution in [0.4, 0.5) is 5.69 Å². The van der Waals surface area contributed by atoms with Crippen molar-refractivity contribution >= 4 is 11.7 Å². The summed E-state index contributed by atoms with van der Waals surface area (Å²) >= 11 is 0. The van der Waals surface area contributed by atoms with Crippen molar-refractivity contribution in [2.75, 3.05) is 12.5 Å². The molecule has 0 heterocycles. The van der Waals surface area contributed by atoms with E-state index in [1.807, 2.05) is 13.0 Å². The van der Waals surface area contributed by atoms with Gasteiger partial charge in [-0.3, -0.25) is 5.84 Å². The van der Waals surface area contributed by atoms with E-state index in [0.29, 0.717) is 5.56 Å². The van der Waals surface area contributed by atoms with Crippen molar-refractivity contribution in [3.8, 4) is 0 Å². The Morgan fingerprint density at radius 3 is 2.79 bits per heavy atom. The lowest BCUT2D eigenvalue weighted by Crippen LogP contribution is -2.11. The molecule has 0 unspecified atom stereocenters. The number of hydrogen-bond acceptors (Lipinski definition) is 4. The Morgan fingerprint density at radius 1 is 1.57 bits per heavy atom. The number of hydrazine groups is 1. The zero-order chi connectivity index (χ0) is 10.6. The standard InChI is InChI=1S/C10H14N2O2/c1-3-7-4-5-8(10(13)14-2)6-9(7)12-11/h4-6,12H,3,11H2,1-2H3. The molecule has 0 amide bonds. The molecule has 4 nitrogen and oxygen atoms in total. The molecule has 1 aromatic carbocycles. The number of nitrogens with two attached hydrogens (primary N) is 1. The van der Waals surface area contributed by atoms with E-state index in [1.54, 1.807) is 12.1 Å². The van der Waals surface area contributed by atoms with Crippen molar-refractivity contribution in [1.29, 1.82) is 0 Å². The van der Waals surface area contributed by atoms with Gasteiger partial charge in [-0.1, -0.05) is 13.0 Å². The van der Waals surface area contributed by atoms with Crippen molar-refractivity contribution in [1.82, 2.24) is 0 Å². The summed E-state index contributed by atoms with van der Waals surface area (Å²) in [4.78, 5) is 11.2. The third-order valence-corrected chi connectivity index (χ3v) is 2.07. The Kier molecular flexibility index (Phi) is 3.48. The molecule has 1 rings (SSSR count). The van der Waals surface area contributed by atoms with Crippen LogP contribution >= 0.6 is 0 Å². The predicted molar refractivity (Wildman–Crippen MR) is 55.0 cm³/mol. The van der Waals surface area contributed by atoms with Gasteiger partial charge < -0.3 is 10.2 Å². The number of hydrogen-bond donors (Lipinski definition) is 2. The molecule has 3 N–H and O–H groups in total. The van der Waals surface area contributed by atoms with Crippen LogP contribution in [0.2, 0.25) is 0 Å². The van der Waals surface area contributed by atoms with Crippen LogP contribution in [0.5, 0.6) is 0 Å². The van der Waals surface area contributed by atoms with Gasteiger partial charge in [0.05, 0.1) is 18.4 Å². The van der Waals surface area contributed by atoms with Gasteiger partial charge in [-0.05, 0) is 24.1 Å². The van der Waals surface area contributed by atoms with Gasteiger partial charge in [0.25, 0.3) is 0 Å². The van der Waals surface area contributed by atoms with Gasteiger partial charge in [-0.25, -0.2) is 4.79 Å².